The molecule has 0 unspecified atom stereocenters. The molecule has 106 valence electrons. The molecule has 1 aromatic heterocycles. The number of carbonyl (C=O) groups excluding carboxylic acids is 1. The van der Waals surface area contributed by atoms with Gasteiger partial charge in [0, 0.05) is 18.2 Å². The monoisotopic (exact) mass is 271 g/mol. The number of nitrogens with zero attached hydrogens (tertiary/aromatic N) is 2. The first-order chi connectivity index (χ1) is 9.60. The average Bonchev–Trinajstić information content (AvgIpc) is 2.77. The van der Waals surface area contributed by atoms with Crippen LogP contribution in [-0.2, 0) is 6.54 Å². The van der Waals surface area contributed by atoms with Gasteiger partial charge in [0.1, 0.15) is 5.82 Å². The van der Waals surface area contributed by atoms with Crippen molar-refractivity contribution in [3.63, 3.8) is 0 Å². The number of aryl methyl sites for hydroxylation is 3. The number of anilines is 1. The topological polar surface area (TPSA) is 46.9 Å². The molecular formula is C16H21N3O. The van der Waals surface area contributed by atoms with Crippen molar-refractivity contribution in [3.8, 4) is 0 Å². The Kier molecular flexibility index (Phi) is 4.56. The van der Waals surface area contributed by atoms with E-state index in [0.29, 0.717) is 5.56 Å². The average molecular weight is 271 g/mol. The van der Waals surface area contributed by atoms with Gasteiger partial charge in [0.25, 0.3) is 5.91 Å². The molecule has 1 aromatic carbocycles. The molecular weight excluding hydrogens is 250 g/mol. The molecule has 1 N–H and O–H groups in total. The van der Waals surface area contributed by atoms with Gasteiger partial charge in [-0.15, -0.1) is 0 Å². The molecule has 2 aromatic rings. The smallest absolute Gasteiger partial charge is 0.256 e. The van der Waals surface area contributed by atoms with Crippen molar-refractivity contribution < 1.29 is 4.79 Å². The fourth-order valence-corrected chi connectivity index (χ4v) is 2.02. The van der Waals surface area contributed by atoms with E-state index in [1.54, 1.807) is 0 Å². The Balaban J connectivity index is 2.12. The van der Waals surface area contributed by atoms with Crippen molar-refractivity contribution in [2.75, 3.05) is 5.32 Å². The van der Waals surface area contributed by atoms with Crippen LogP contribution in [0, 0.1) is 13.8 Å². The minimum atomic E-state index is -0.0948. The quantitative estimate of drug-likeness (QED) is 0.904. The number of rotatable bonds is 5. The number of hydrogen-bond acceptors (Lipinski definition) is 2. The highest BCUT2D eigenvalue weighted by Gasteiger charge is 2.10. The lowest BCUT2D eigenvalue weighted by Gasteiger charge is -2.08. The molecule has 1 amide bonds. The Morgan fingerprint density at radius 3 is 2.60 bits per heavy atom. The van der Waals surface area contributed by atoms with Crippen LogP contribution >= 0.6 is 0 Å². The Hall–Kier alpha value is -2.10. The molecule has 0 saturated heterocycles. The summed E-state index contributed by atoms with van der Waals surface area (Å²) in [5.41, 5.74) is 2.72. The number of carbonyl (C=O) groups is 1. The highest BCUT2D eigenvalue weighted by Crippen LogP contribution is 2.13. The molecule has 0 bridgehead atoms. The third-order valence-corrected chi connectivity index (χ3v) is 3.18. The summed E-state index contributed by atoms with van der Waals surface area (Å²) in [6.07, 6.45) is 2.15. The number of benzene rings is 1. The van der Waals surface area contributed by atoms with Crippen molar-refractivity contribution >= 4 is 11.7 Å². The molecule has 2 rings (SSSR count). The second-order valence-corrected chi connectivity index (χ2v) is 5.07. The first-order valence-corrected chi connectivity index (χ1v) is 7.02. The van der Waals surface area contributed by atoms with E-state index in [0.717, 1.165) is 36.5 Å². The minimum Gasteiger partial charge on any atom is -0.307 e. The number of unbranched alkanes of at least 4 members (excludes halogenated alkanes) is 1. The SMILES string of the molecule is CCCCn1nc(C)cc1NC(=O)c1ccc(C)cc1. The van der Waals surface area contributed by atoms with E-state index in [-0.39, 0.29) is 5.91 Å². The van der Waals surface area contributed by atoms with Crippen LogP contribution in [0.15, 0.2) is 30.3 Å². The van der Waals surface area contributed by atoms with Gasteiger partial charge in [0.15, 0.2) is 0 Å². The molecule has 1 heterocycles. The van der Waals surface area contributed by atoms with Gasteiger partial charge >= 0.3 is 0 Å². The molecule has 0 fully saturated rings. The maximum atomic E-state index is 12.2. The molecule has 0 aliphatic rings. The van der Waals surface area contributed by atoms with Crippen molar-refractivity contribution in [1.29, 1.82) is 0 Å². The predicted molar refractivity (Wildman–Crippen MR) is 81.0 cm³/mol. The Labute approximate surface area is 119 Å². The van der Waals surface area contributed by atoms with Crippen molar-refractivity contribution in [1.82, 2.24) is 9.78 Å². The lowest BCUT2D eigenvalue weighted by atomic mass is 10.1. The normalized spacial score (nSPS) is 10.6. The molecule has 0 aliphatic heterocycles. The standard InChI is InChI=1S/C16H21N3O/c1-4-5-10-19-15(11-13(3)18-19)17-16(20)14-8-6-12(2)7-9-14/h6-9,11H,4-5,10H2,1-3H3,(H,17,20). The van der Waals surface area contributed by atoms with Crippen LogP contribution in [0.25, 0.3) is 0 Å². The minimum absolute atomic E-state index is 0.0948. The molecule has 4 heteroatoms. The molecule has 0 spiro atoms. The zero-order valence-electron chi connectivity index (χ0n) is 12.3. The second-order valence-electron chi connectivity index (χ2n) is 5.07. The number of amides is 1. The van der Waals surface area contributed by atoms with Crippen molar-refractivity contribution in [2.45, 2.75) is 40.2 Å². The highest BCUT2D eigenvalue weighted by molar-refractivity contribution is 6.03. The van der Waals surface area contributed by atoms with Gasteiger partial charge < -0.3 is 5.32 Å². The van der Waals surface area contributed by atoms with E-state index in [2.05, 4.69) is 17.3 Å². The van der Waals surface area contributed by atoms with E-state index in [1.807, 2.05) is 48.9 Å². The van der Waals surface area contributed by atoms with Gasteiger partial charge in [-0.3, -0.25) is 4.79 Å². The lowest BCUT2D eigenvalue weighted by Crippen LogP contribution is -2.15. The Bertz CT molecular complexity index is 584. The molecule has 4 nitrogen and oxygen atoms in total. The van der Waals surface area contributed by atoms with Gasteiger partial charge in [-0.2, -0.15) is 5.10 Å². The summed E-state index contributed by atoms with van der Waals surface area (Å²) < 4.78 is 1.87. The fraction of sp³-hybridized carbons (Fsp3) is 0.375. The zero-order chi connectivity index (χ0) is 14.5. The lowest BCUT2D eigenvalue weighted by molar-refractivity contribution is 0.102. The highest BCUT2D eigenvalue weighted by atomic mass is 16.1. The molecule has 20 heavy (non-hydrogen) atoms. The van der Waals surface area contributed by atoms with E-state index in [9.17, 15) is 4.79 Å². The Morgan fingerprint density at radius 2 is 1.95 bits per heavy atom. The summed E-state index contributed by atoms with van der Waals surface area (Å²) in [6.45, 7) is 6.91. The molecule has 0 saturated carbocycles. The van der Waals surface area contributed by atoms with E-state index in [1.165, 1.54) is 0 Å². The third-order valence-electron chi connectivity index (χ3n) is 3.18. The second kappa shape index (κ2) is 6.37. The zero-order valence-corrected chi connectivity index (χ0v) is 12.3. The molecule has 0 aliphatic carbocycles. The predicted octanol–water partition coefficient (Wildman–Crippen LogP) is 3.55. The van der Waals surface area contributed by atoms with Gasteiger partial charge in [-0.1, -0.05) is 31.0 Å². The number of hydrogen-bond donors (Lipinski definition) is 1. The van der Waals surface area contributed by atoms with Crippen LogP contribution in [-0.4, -0.2) is 15.7 Å². The fourth-order valence-electron chi connectivity index (χ4n) is 2.02. The van der Waals surface area contributed by atoms with Gasteiger partial charge in [-0.25, -0.2) is 4.68 Å². The summed E-state index contributed by atoms with van der Waals surface area (Å²) >= 11 is 0. The van der Waals surface area contributed by atoms with Crippen LogP contribution < -0.4 is 5.32 Å². The van der Waals surface area contributed by atoms with E-state index >= 15 is 0 Å². The number of aromatic nitrogens is 2. The van der Waals surface area contributed by atoms with Gasteiger partial charge in [0.2, 0.25) is 0 Å². The van der Waals surface area contributed by atoms with Crippen molar-refractivity contribution in [2.24, 2.45) is 0 Å². The van der Waals surface area contributed by atoms with Crippen LogP contribution in [0.5, 0.6) is 0 Å². The molecule has 0 radical (unpaired) electrons. The maximum absolute atomic E-state index is 12.2. The van der Waals surface area contributed by atoms with Gasteiger partial charge in [-0.05, 0) is 32.4 Å². The van der Waals surface area contributed by atoms with Crippen molar-refractivity contribution in [3.05, 3.63) is 47.2 Å². The van der Waals surface area contributed by atoms with Crippen LogP contribution in [0.3, 0.4) is 0 Å². The third kappa shape index (κ3) is 3.47. The summed E-state index contributed by atoms with van der Waals surface area (Å²) in [5, 5.41) is 7.35. The van der Waals surface area contributed by atoms with E-state index in [4.69, 9.17) is 0 Å². The number of nitrogens with one attached hydrogen (secondary N) is 1. The Morgan fingerprint density at radius 1 is 1.25 bits per heavy atom. The van der Waals surface area contributed by atoms with Gasteiger partial charge in [0.05, 0.1) is 5.69 Å². The summed E-state index contributed by atoms with van der Waals surface area (Å²) in [7, 11) is 0. The molecule has 0 atom stereocenters. The first kappa shape index (κ1) is 14.3. The van der Waals surface area contributed by atoms with Crippen LogP contribution in [0.1, 0.15) is 41.4 Å². The summed E-state index contributed by atoms with van der Waals surface area (Å²) in [6, 6.07) is 9.46. The summed E-state index contributed by atoms with van der Waals surface area (Å²) in [4.78, 5) is 12.2. The summed E-state index contributed by atoms with van der Waals surface area (Å²) in [5.74, 6) is 0.671. The first-order valence-electron chi connectivity index (χ1n) is 7.02. The van der Waals surface area contributed by atoms with Crippen LogP contribution in [0.2, 0.25) is 0 Å². The van der Waals surface area contributed by atoms with Crippen LogP contribution in [0.4, 0.5) is 5.82 Å². The van der Waals surface area contributed by atoms with E-state index < -0.39 is 0 Å². The maximum Gasteiger partial charge on any atom is 0.256 e. The largest absolute Gasteiger partial charge is 0.307 e.